The summed E-state index contributed by atoms with van der Waals surface area (Å²) >= 11 is 3.48. The Labute approximate surface area is 118 Å². The fourth-order valence-corrected chi connectivity index (χ4v) is 2.54. The Kier molecular flexibility index (Phi) is 7.02. The van der Waals surface area contributed by atoms with Crippen LogP contribution < -0.4 is 0 Å². The molecule has 0 fully saturated rings. The number of unbranched alkanes of at least 4 members (excludes halogenated alkanes) is 2. The third-order valence-corrected chi connectivity index (χ3v) is 3.53. The van der Waals surface area contributed by atoms with Gasteiger partial charge in [-0.05, 0) is 24.0 Å². The molecule has 18 heavy (non-hydrogen) atoms. The molecule has 3 heteroatoms. The molecule has 0 bridgehead atoms. The zero-order chi connectivity index (χ0) is 13.4. The molecule has 0 aliphatic carbocycles. The minimum Gasteiger partial charge on any atom is -0.458 e. The van der Waals surface area contributed by atoms with E-state index in [1.165, 1.54) is 25.3 Å². The summed E-state index contributed by atoms with van der Waals surface area (Å²) in [6, 6.07) is 8.13. The first kappa shape index (κ1) is 15.2. The van der Waals surface area contributed by atoms with Crippen LogP contribution in [0.3, 0.4) is 0 Å². The molecule has 0 amide bonds. The topological polar surface area (TPSA) is 26.3 Å². The van der Waals surface area contributed by atoms with Gasteiger partial charge in [0.15, 0.2) is 0 Å². The first-order valence-electron chi connectivity index (χ1n) is 6.50. The summed E-state index contributed by atoms with van der Waals surface area (Å²) in [6.45, 7) is 3.65. The molecule has 1 rings (SSSR count). The maximum atomic E-state index is 11.2. The number of hydrogen-bond acceptors (Lipinski definition) is 2. The lowest BCUT2D eigenvalue weighted by Gasteiger charge is -2.19. The molecule has 0 radical (unpaired) electrons. The van der Waals surface area contributed by atoms with Crippen molar-refractivity contribution < 1.29 is 9.53 Å². The van der Waals surface area contributed by atoms with E-state index < -0.39 is 0 Å². The summed E-state index contributed by atoms with van der Waals surface area (Å²) in [4.78, 5) is 11.2. The Morgan fingerprint density at radius 1 is 1.33 bits per heavy atom. The number of rotatable bonds is 7. The van der Waals surface area contributed by atoms with Crippen LogP contribution in [0.15, 0.2) is 24.3 Å². The molecule has 1 aromatic carbocycles. The van der Waals surface area contributed by atoms with Gasteiger partial charge in [-0.2, -0.15) is 0 Å². The molecule has 0 aliphatic heterocycles. The Hall–Kier alpha value is -0.830. The Balaban J connectivity index is 2.82. The van der Waals surface area contributed by atoms with Gasteiger partial charge in [0.25, 0.3) is 0 Å². The minimum absolute atomic E-state index is 0.109. The second-order valence-electron chi connectivity index (χ2n) is 4.43. The molecular formula is C15H21BrO2. The average Bonchev–Trinajstić information content (AvgIpc) is 2.37. The monoisotopic (exact) mass is 312 g/mol. The molecule has 0 spiro atoms. The normalized spacial score (nSPS) is 12.2. The maximum absolute atomic E-state index is 11.2. The minimum atomic E-state index is -0.208. The number of carbonyl (C=O) groups excluding carboxylic acids is 1. The van der Waals surface area contributed by atoms with E-state index in [-0.39, 0.29) is 12.1 Å². The highest BCUT2D eigenvalue weighted by molar-refractivity contribution is 9.08. The Bertz CT molecular complexity index is 377. The first-order chi connectivity index (χ1) is 8.69. The van der Waals surface area contributed by atoms with E-state index in [0.717, 1.165) is 23.7 Å². The number of halogens is 1. The summed E-state index contributed by atoms with van der Waals surface area (Å²) in [5.41, 5.74) is 2.32. The van der Waals surface area contributed by atoms with E-state index in [9.17, 15) is 4.79 Å². The average molecular weight is 313 g/mol. The standard InChI is InChI=1S/C15H21BrO2/c1-3-4-5-10-15(18-12(2)17)14-9-7-6-8-13(14)11-16/h6-9,15H,3-5,10-11H2,1-2H3. The molecule has 1 aromatic rings. The number of ether oxygens (including phenoxy) is 1. The highest BCUT2D eigenvalue weighted by atomic mass is 79.9. The molecule has 0 saturated carbocycles. The lowest BCUT2D eigenvalue weighted by molar-refractivity contribution is -0.147. The van der Waals surface area contributed by atoms with Crippen molar-refractivity contribution in [3.63, 3.8) is 0 Å². The Morgan fingerprint density at radius 2 is 2.06 bits per heavy atom. The van der Waals surface area contributed by atoms with Crippen LogP contribution in [0.4, 0.5) is 0 Å². The number of alkyl halides is 1. The van der Waals surface area contributed by atoms with Crippen molar-refractivity contribution >= 4 is 21.9 Å². The second kappa shape index (κ2) is 8.30. The summed E-state index contributed by atoms with van der Waals surface area (Å²) in [7, 11) is 0. The van der Waals surface area contributed by atoms with Crippen molar-refractivity contribution in [2.45, 2.75) is 51.0 Å². The molecule has 0 N–H and O–H groups in total. The fourth-order valence-electron chi connectivity index (χ4n) is 2.03. The van der Waals surface area contributed by atoms with Gasteiger partial charge in [0.1, 0.15) is 6.10 Å². The van der Waals surface area contributed by atoms with E-state index in [4.69, 9.17) is 4.74 Å². The molecule has 1 unspecified atom stereocenters. The molecule has 1 atom stereocenters. The summed E-state index contributed by atoms with van der Waals surface area (Å²) in [6.07, 6.45) is 4.23. The largest absolute Gasteiger partial charge is 0.458 e. The van der Waals surface area contributed by atoms with Crippen molar-refractivity contribution in [3.05, 3.63) is 35.4 Å². The van der Waals surface area contributed by atoms with Gasteiger partial charge >= 0.3 is 5.97 Å². The molecule has 0 aliphatic rings. The zero-order valence-corrected chi connectivity index (χ0v) is 12.7. The lowest BCUT2D eigenvalue weighted by Crippen LogP contribution is -2.10. The summed E-state index contributed by atoms with van der Waals surface area (Å²) in [5.74, 6) is -0.208. The smallest absolute Gasteiger partial charge is 0.303 e. The third kappa shape index (κ3) is 4.81. The van der Waals surface area contributed by atoms with E-state index in [2.05, 4.69) is 35.0 Å². The van der Waals surface area contributed by atoms with E-state index in [0.29, 0.717) is 0 Å². The molecule has 100 valence electrons. The zero-order valence-electron chi connectivity index (χ0n) is 11.1. The maximum Gasteiger partial charge on any atom is 0.303 e. The predicted octanol–water partition coefficient (Wildman–Crippen LogP) is 4.77. The van der Waals surface area contributed by atoms with E-state index >= 15 is 0 Å². The van der Waals surface area contributed by atoms with Gasteiger partial charge in [-0.1, -0.05) is 60.0 Å². The number of benzene rings is 1. The van der Waals surface area contributed by atoms with E-state index in [1.807, 2.05) is 12.1 Å². The van der Waals surface area contributed by atoms with Crippen LogP contribution in [-0.4, -0.2) is 5.97 Å². The highest BCUT2D eigenvalue weighted by Crippen LogP contribution is 2.28. The van der Waals surface area contributed by atoms with Crippen molar-refractivity contribution in [2.75, 3.05) is 0 Å². The predicted molar refractivity (Wildman–Crippen MR) is 77.7 cm³/mol. The van der Waals surface area contributed by atoms with Crippen LogP contribution in [0.25, 0.3) is 0 Å². The van der Waals surface area contributed by atoms with Crippen LogP contribution in [-0.2, 0) is 14.9 Å². The summed E-state index contributed by atoms with van der Waals surface area (Å²) < 4.78 is 5.47. The van der Waals surface area contributed by atoms with Gasteiger partial charge < -0.3 is 4.74 Å². The fraction of sp³-hybridized carbons (Fsp3) is 0.533. The molecule has 0 heterocycles. The van der Waals surface area contributed by atoms with E-state index in [1.54, 1.807) is 0 Å². The number of carbonyl (C=O) groups is 1. The molecule has 2 nitrogen and oxygen atoms in total. The van der Waals surface area contributed by atoms with Crippen molar-refractivity contribution in [1.82, 2.24) is 0 Å². The highest BCUT2D eigenvalue weighted by Gasteiger charge is 2.17. The van der Waals surface area contributed by atoms with Crippen molar-refractivity contribution in [2.24, 2.45) is 0 Å². The van der Waals surface area contributed by atoms with Gasteiger partial charge in [0.2, 0.25) is 0 Å². The summed E-state index contributed by atoms with van der Waals surface area (Å²) in [5, 5.41) is 0.786. The van der Waals surface area contributed by atoms with Crippen molar-refractivity contribution in [1.29, 1.82) is 0 Å². The molecule has 0 saturated heterocycles. The van der Waals surface area contributed by atoms with Crippen LogP contribution in [0.1, 0.15) is 56.8 Å². The Morgan fingerprint density at radius 3 is 2.67 bits per heavy atom. The van der Waals surface area contributed by atoms with Gasteiger partial charge in [0.05, 0.1) is 0 Å². The van der Waals surface area contributed by atoms with Crippen LogP contribution in [0, 0.1) is 0 Å². The van der Waals surface area contributed by atoms with Crippen LogP contribution in [0.5, 0.6) is 0 Å². The van der Waals surface area contributed by atoms with Gasteiger partial charge in [-0.25, -0.2) is 0 Å². The quantitative estimate of drug-likeness (QED) is 0.412. The van der Waals surface area contributed by atoms with Crippen LogP contribution in [0.2, 0.25) is 0 Å². The first-order valence-corrected chi connectivity index (χ1v) is 7.62. The van der Waals surface area contributed by atoms with Gasteiger partial charge in [0, 0.05) is 12.3 Å². The lowest BCUT2D eigenvalue weighted by atomic mass is 9.99. The van der Waals surface area contributed by atoms with Crippen LogP contribution >= 0.6 is 15.9 Å². The van der Waals surface area contributed by atoms with Crippen molar-refractivity contribution in [3.8, 4) is 0 Å². The number of esters is 1. The SMILES string of the molecule is CCCCCC(OC(C)=O)c1ccccc1CBr. The molecular weight excluding hydrogens is 292 g/mol. The van der Waals surface area contributed by atoms with Gasteiger partial charge in [-0.3, -0.25) is 4.79 Å². The molecule has 0 aromatic heterocycles. The van der Waals surface area contributed by atoms with Gasteiger partial charge in [-0.15, -0.1) is 0 Å². The second-order valence-corrected chi connectivity index (χ2v) is 4.99. The number of hydrogen-bond donors (Lipinski definition) is 0. The third-order valence-electron chi connectivity index (χ3n) is 2.92.